The van der Waals surface area contributed by atoms with E-state index in [1.165, 1.54) is 0 Å². The minimum atomic E-state index is -0.793. The van der Waals surface area contributed by atoms with Crippen molar-refractivity contribution in [3.8, 4) is 23.0 Å². The van der Waals surface area contributed by atoms with Gasteiger partial charge in [-0.2, -0.15) is 0 Å². The zero-order valence-corrected chi connectivity index (χ0v) is 14.7. The summed E-state index contributed by atoms with van der Waals surface area (Å²) in [7, 11) is 0. The van der Waals surface area contributed by atoms with E-state index < -0.39 is 12.0 Å². The summed E-state index contributed by atoms with van der Waals surface area (Å²) in [5.74, 6) is 1.08. The van der Waals surface area contributed by atoms with Crippen molar-refractivity contribution >= 4 is 23.7 Å². The van der Waals surface area contributed by atoms with Gasteiger partial charge in [0.2, 0.25) is 6.10 Å². The van der Waals surface area contributed by atoms with E-state index in [2.05, 4.69) is 15.5 Å². The molecule has 4 rings (SSSR count). The second kappa shape index (κ2) is 7.09. The Kier molecular flexibility index (Phi) is 4.49. The van der Waals surface area contributed by atoms with Crippen LogP contribution in [0.4, 0.5) is 6.01 Å². The molecule has 1 aliphatic rings. The molecule has 7 nitrogen and oxygen atoms in total. The molecule has 132 valence electrons. The number of hydrogen-bond donors (Lipinski definition) is 1. The van der Waals surface area contributed by atoms with E-state index in [1.807, 2.05) is 42.7 Å². The molecule has 1 aromatic heterocycles. The molecule has 1 unspecified atom stereocenters. The highest BCUT2D eigenvalue weighted by molar-refractivity contribution is 7.98. The Morgan fingerprint density at radius 3 is 2.73 bits per heavy atom. The van der Waals surface area contributed by atoms with Crippen LogP contribution in [0.15, 0.2) is 57.8 Å². The van der Waals surface area contributed by atoms with E-state index in [1.54, 1.807) is 23.9 Å². The topological polar surface area (TPSA) is 86.5 Å². The molecular formula is C18H15N3O4S. The number of fused-ring (bicyclic) bond motifs is 1. The number of carbonyl (C=O) groups is 1. The highest BCUT2D eigenvalue weighted by Gasteiger charge is 2.28. The quantitative estimate of drug-likeness (QED) is 0.707. The van der Waals surface area contributed by atoms with E-state index in [0.29, 0.717) is 17.4 Å². The second-order valence-electron chi connectivity index (χ2n) is 5.47. The molecule has 0 bridgehead atoms. The molecule has 0 saturated heterocycles. The SMILES string of the molecule is CSc1ccccc1-c1nnc(NC(=O)C2COc3ccccc3O2)o1. The van der Waals surface area contributed by atoms with Gasteiger partial charge in [0, 0.05) is 4.90 Å². The third kappa shape index (κ3) is 3.23. The average molecular weight is 369 g/mol. The fraction of sp³-hybridized carbons (Fsp3) is 0.167. The fourth-order valence-corrected chi connectivity index (χ4v) is 3.13. The van der Waals surface area contributed by atoms with Gasteiger partial charge in [-0.3, -0.25) is 10.1 Å². The van der Waals surface area contributed by atoms with Crippen molar-refractivity contribution in [3.05, 3.63) is 48.5 Å². The molecule has 1 aliphatic heterocycles. The number of nitrogens with zero attached hydrogens (tertiary/aromatic N) is 2. The molecule has 26 heavy (non-hydrogen) atoms. The molecule has 1 amide bonds. The first kappa shape index (κ1) is 16.5. The van der Waals surface area contributed by atoms with Gasteiger partial charge < -0.3 is 13.9 Å². The van der Waals surface area contributed by atoms with Gasteiger partial charge in [-0.25, -0.2) is 0 Å². The first-order valence-electron chi connectivity index (χ1n) is 7.91. The smallest absolute Gasteiger partial charge is 0.322 e. The zero-order chi connectivity index (χ0) is 17.9. The summed E-state index contributed by atoms with van der Waals surface area (Å²) in [6.07, 6.45) is 1.18. The molecule has 1 N–H and O–H groups in total. The number of nitrogens with one attached hydrogen (secondary N) is 1. The first-order valence-corrected chi connectivity index (χ1v) is 9.13. The summed E-state index contributed by atoms with van der Waals surface area (Å²) in [5, 5.41) is 10.5. The second-order valence-corrected chi connectivity index (χ2v) is 6.31. The van der Waals surface area contributed by atoms with Crippen LogP contribution in [0.3, 0.4) is 0 Å². The van der Waals surface area contributed by atoms with Crippen LogP contribution in [0.1, 0.15) is 0 Å². The van der Waals surface area contributed by atoms with Crippen molar-refractivity contribution in [2.24, 2.45) is 0 Å². The van der Waals surface area contributed by atoms with Crippen LogP contribution in [0.5, 0.6) is 11.5 Å². The minimum Gasteiger partial charge on any atom is -0.485 e. The van der Waals surface area contributed by atoms with Crippen molar-refractivity contribution in [1.82, 2.24) is 10.2 Å². The number of aromatic nitrogens is 2. The Labute approximate surface area is 153 Å². The maximum Gasteiger partial charge on any atom is 0.322 e. The fourth-order valence-electron chi connectivity index (χ4n) is 2.54. The van der Waals surface area contributed by atoms with Gasteiger partial charge in [-0.15, -0.1) is 16.9 Å². The minimum absolute atomic E-state index is 0.0170. The standard InChI is InChI=1S/C18H15N3O4S/c1-26-15-9-5-2-6-11(15)17-20-21-18(25-17)19-16(22)14-10-23-12-7-3-4-8-13(12)24-14/h2-9,14H,10H2,1H3,(H,19,21,22). The average Bonchev–Trinajstić information content (AvgIpc) is 3.15. The summed E-state index contributed by atoms with van der Waals surface area (Å²) in [6.45, 7) is 0.110. The number of para-hydroxylation sites is 2. The molecule has 0 saturated carbocycles. The Bertz CT molecular complexity index is 943. The van der Waals surface area contributed by atoms with Gasteiger partial charge in [0.1, 0.15) is 6.61 Å². The number of benzene rings is 2. The summed E-state index contributed by atoms with van der Waals surface area (Å²) in [4.78, 5) is 13.4. The lowest BCUT2D eigenvalue weighted by molar-refractivity contribution is -0.125. The van der Waals surface area contributed by atoms with Crippen LogP contribution in [-0.4, -0.2) is 35.1 Å². The van der Waals surface area contributed by atoms with Crippen LogP contribution in [0, 0.1) is 0 Å². The molecule has 2 heterocycles. The number of rotatable bonds is 4. The van der Waals surface area contributed by atoms with E-state index in [4.69, 9.17) is 13.9 Å². The van der Waals surface area contributed by atoms with Crippen LogP contribution in [-0.2, 0) is 4.79 Å². The lowest BCUT2D eigenvalue weighted by Gasteiger charge is -2.24. The number of amides is 1. The van der Waals surface area contributed by atoms with Crippen molar-refractivity contribution in [1.29, 1.82) is 0 Å². The molecule has 0 spiro atoms. The van der Waals surface area contributed by atoms with Crippen LogP contribution >= 0.6 is 11.8 Å². The Hall–Kier alpha value is -3.00. The van der Waals surface area contributed by atoms with E-state index in [0.717, 1.165) is 10.5 Å². The molecule has 1 atom stereocenters. The van der Waals surface area contributed by atoms with Crippen molar-refractivity contribution in [3.63, 3.8) is 0 Å². The van der Waals surface area contributed by atoms with E-state index in [9.17, 15) is 4.79 Å². The van der Waals surface area contributed by atoms with Gasteiger partial charge in [0.05, 0.1) is 5.56 Å². The van der Waals surface area contributed by atoms with Crippen LogP contribution in [0.2, 0.25) is 0 Å². The maximum absolute atomic E-state index is 12.4. The van der Waals surface area contributed by atoms with Gasteiger partial charge in [0.25, 0.3) is 11.8 Å². The lowest BCUT2D eigenvalue weighted by Crippen LogP contribution is -2.40. The predicted octanol–water partition coefficient (Wildman–Crippen LogP) is 3.24. The molecular weight excluding hydrogens is 354 g/mol. The van der Waals surface area contributed by atoms with Gasteiger partial charge in [-0.05, 0) is 30.5 Å². The van der Waals surface area contributed by atoms with Gasteiger partial charge in [-0.1, -0.05) is 29.4 Å². The third-order valence-corrected chi connectivity index (χ3v) is 4.59. The molecule has 3 aromatic rings. The monoisotopic (exact) mass is 369 g/mol. The van der Waals surface area contributed by atoms with Crippen molar-refractivity contribution in [2.75, 3.05) is 18.2 Å². The Morgan fingerprint density at radius 2 is 1.88 bits per heavy atom. The molecule has 0 fully saturated rings. The summed E-state index contributed by atoms with van der Waals surface area (Å²) in [5.41, 5.74) is 0.819. The molecule has 2 aromatic carbocycles. The highest BCUT2D eigenvalue weighted by Crippen LogP contribution is 2.32. The van der Waals surface area contributed by atoms with Gasteiger partial charge in [0.15, 0.2) is 11.5 Å². The highest BCUT2D eigenvalue weighted by atomic mass is 32.2. The van der Waals surface area contributed by atoms with Crippen molar-refractivity contribution in [2.45, 2.75) is 11.0 Å². The molecule has 0 radical (unpaired) electrons. The van der Waals surface area contributed by atoms with Gasteiger partial charge >= 0.3 is 6.01 Å². The third-order valence-electron chi connectivity index (χ3n) is 3.79. The zero-order valence-electron chi connectivity index (χ0n) is 13.8. The Morgan fingerprint density at radius 1 is 1.12 bits per heavy atom. The first-order chi connectivity index (χ1) is 12.7. The summed E-state index contributed by atoms with van der Waals surface area (Å²) < 4.78 is 16.8. The summed E-state index contributed by atoms with van der Waals surface area (Å²) >= 11 is 1.58. The summed E-state index contributed by atoms with van der Waals surface area (Å²) in [6, 6.07) is 14.9. The molecule has 0 aliphatic carbocycles. The number of anilines is 1. The van der Waals surface area contributed by atoms with Crippen molar-refractivity contribution < 1.29 is 18.7 Å². The number of ether oxygens (including phenoxy) is 2. The molecule has 8 heteroatoms. The predicted molar refractivity (Wildman–Crippen MR) is 96.5 cm³/mol. The Balaban J connectivity index is 1.47. The normalized spacial score (nSPS) is 15.5. The van der Waals surface area contributed by atoms with E-state index in [-0.39, 0.29) is 12.6 Å². The van der Waals surface area contributed by atoms with Crippen LogP contribution < -0.4 is 14.8 Å². The van der Waals surface area contributed by atoms with Crippen LogP contribution in [0.25, 0.3) is 11.5 Å². The lowest BCUT2D eigenvalue weighted by atomic mass is 10.2. The number of carbonyl (C=O) groups excluding carboxylic acids is 1. The maximum atomic E-state index is 12.4. The van der Waals surface area contributed by atoms with E-state index >= 15 is 0 Å². The number of hydrogen-bond acceptors (Lipinski definition) is 7. The largest absolute Gasteiger partial charge is 0.485 e. The number of thioether (sulfide) groups is 1.